The molecule has 0 saturated heterocycles. The number of nitrogens with zero attached hydrogens (tertiary/aromatic N) is 1. The fraction of sp³-hybridized carbons (Fsp3) is 0.312. The Morgan fingerprint density at radius 1 is 1.05 bits per heavy atom. The number of aliphatic hydroxyl groups excluding tert-OH is 1. The molecule has 0 amide bonds. The second-order valence-electron chi connectivity index (χ2n) is 10.6. The number of pyridine rings is 1. The van der Waals surface area contributed by atoms with Gasteiger partial charge in [-0.15, -0.1) is 46.2 Å². The maximum absolute atomic E-state index is 10.0. The molecule has 2 aromatic carbocycles. The second-order valence-corrected chi connectivity index (χ2v) is 11.7. The Balaban J connectivity index is 0.000000532. The number of fused-ring (bicyclic) bond motifs is 1. The van der Waals surface area contributed by atoms with Gasteiger partial charge in [0.1, 0.15) is 0 Å². The van der Waals surface area contributed by atoms with Gasteiger partial charge in [0.2, 0.25) is 0 Å². The predicted molar refractivity (Wildman–Crippen MR) is 154 cm³/mol. The summed E-state index contributed by atoms with van der Waals surface area (Å²) >= 11 is 1.81. The molecule has 0 unspecified atom stereocenters. The van der Waals surface area contributed by atoms with Gasteiger partial charge in [0.25, 0.3) is 0 Å². The summed E-state index contributed by atoms with van der Waals surface area (Å²) in [6.45, 7) is 16.2. The Bertz CT molecular complexity index is 1390. The number of carbonyl (C=O) groups is 1. The first-order chi connectivity index (χ1) is 16.8. The van der Waals surface area contributed by atoms with E-state index >= 15 is 0 Å². The molecule has 0 spiro atoms. The molecule has 0 fully saturated rings. The van der Waals surface area contributed by atoms with Gasteiger partial charge in [-0.3, -0.25) is 4.79 Å². The fourth-order valence-corrected chi connectivity index (χ4v) is 4.87. The van der Waals surface area contributed by atoms with Gasteiger partial charge in [-0.05, 0) is 53.5 Å². The molecule has 37 heavy (non-hydrogen) atoms. The van der Waals surface area contributed by atoms with Crippen LogP contribution in [-0.4, -0.2) is 15.9 Å². The molecular weight excluding hydrogens is 655 g/mol. The average molecular weight is 691 g/mol. The summed E-state index contributed by atoms with van der Waals surface area (Å²) in [5.41, 5.74) is 7.30. The monoisotopic (exact) mass is 691 g/mol. The Labute approximate surface area is 239 Å². The van der Waals surface area contributed by atoms with Crippen molar-refractivity contribution in [2.24, 2.45) is 0 Å². The zero-order chi connectivity index (χ0) is 26.6. The molecule has 0 saturated carbocycles. The summed E-state index contributed by atoms with van der Waals surface area (Å²) < 4.78 is 1.22. The Morgan fingerprint density at radius 2 is 1.70 bits per heavy atom. The average Bonchev–Trinajstić information content (AvgIpc) is 3.21. The van der Waals surface area contributed by atoms with Crippen LogP contribution >= 0.6 is 11.3 Å². The summed E-state index contributed by atoms with van der Waals surface area (Å²) in [6, 6.07) is 21.4. The van der Waals surface area contributed by atoms with Gasteiger partial charge in [-0.1, -0.05) is 71.9 Å². The molecule has 0 bridgehead atoms. The van der Waals surface area contributed by atoms with Gasteiger partial charge >= 0.3 is 0 Å². The molecule has 0 atom stereocenters. The minimum absolute atomic E-state index is 0. The number of aryl methyl sites for hydroxylation is 1. The van der Waals surface area contributed by atoms with E-state index in [1.807, 2.05) is 6.20 Å². The molecule has 197 valence electrons. The molecule has 0 aliphatic rings. The summed E-state index contributed by atoms with van der Waals surface area (Å²) in [5.74, 6) is 0.495. The second kappa shape index (κ2) is 12.8. The van der Waals surface area contributed by atoms with Crippen molar-refractivity contribution in [3.8, 4) is 21.7 Å². The predicted octanol–water partition coefficient (Wildman–Crippen LogP) is 9.19. The minimum Gasteiger partial charge on any atom is -0.512 e. The zero-order valence-electron chi connectivity index (χ0n) is 22.9. The van der Waals surface area contributed by atoms with Gasteiger partial charge in [-0.2, -0.15) is 0 Å². The molecular formula is C32H36IrNO2S-. The van der Waals surface area contributed by atoms with Crippen LogP contribution in [0.15, 0.2) is 66.6 Å². The summed E-state index contributed by atoms with van der Waals surface area (Å²) in [4.78, 5) is 16.1. The topological polar surface area (TPSA) is 50.2 Å². The molecule has 0 aliphatic heterocycles. The standard InChI is InChI=1S/C27H28NS.C5H8O2.Ir/c1-17(2)19-7-9-20(10-8-19)25-15-22-14-24(28-16-26(22)29-25)21-11-18(3)12-23(13-21)27(4,5)6;1-4(6)3-5(2)7;/h7-10,12-17H,1-6H3;3,6H,1-2H3;/q-1;;/b;4-3-;. The van der Waals surface area contributed by atoms with Crippen molar-refractivity contribution >= 4 is 27.2 Å². The van der Waals surface area contributed by atoms with Crippen LogP contribution in [0, 0.1) is 13.0 Å². The third-order valence-corrected chi connectivity index (χ3v) is 6.96. The van der Waals surface area contributed by atoms with Crippen LogP contribution in [0.5, 0.6) is 0 Å². The van der Waals surface area contributed by atoms with Crippen LogP contribution in [0.25, 0.3) is 31.8 Å². The number of aromatic nitrogens is 1. The fourth-order valence-electron chi connectivity index (χ4n) is 3.85. The van der Waals surface area contributed by atoms with Gasteiger partial charge in [-0.25, -0.2) is 0 Å². The van der Waals surface area contributed by atoms with Crippen LogP contribution in [0.1, 0.15) is 71.1 Å². The molecule has 1 radical (unpaired) electrons. The van der Waals surface area contributed by atoms with Crippen LogP contribution in [0.4, 0.5) is 0 Å². The zero-order valence-corrected chi connectivity index (χ0v) is 26.1. The van der Waals surface area contributed by atoms with Gasteiger partial charge < -0.3 is 10.1 Å². The van der Waals surface area contributed by atoms with Gasteiger partial charge in [0.05, 0.1) is 10.5 Å². The van der Waals surface area contributed by atoms with Crippen LogP contribution in [0.2, 0.25) is 0 Å². The number of allylic oxidation sites excluding steroid dienone is 2. The Hall–Kier alpha value is -2.59. The summed E-state index contributed by atoms with van der Waals surface area (Å²) in [7, 11) is 0. The van der Waals surface area contributed by atoms with Crippen molar-refractivity contribution in [3.05, 3.63) is 89.3 Å². The molecule has 4 aromatic rings. The van der Waals surface area contributed by atoms with Crippen molar-refractivity contribution < 1.29 is 30.0 Å². The Morgan fingerprint density at radius 3 is 2.22 bits per heavy atom. The molecule has 0 aliphatic carbocycles. The van der Waals surface area contributed by atoms with E-state index in [4.69, 9.17) is 10.1 Å². The van der Waals surface area contributed by atoms with Crippen LogP contribution in [-0.2, 0) is 30.3 Å². The van der Waals surface area contributed by atoms with Gasteiger partial charge in [0.15, 0.2) is 5.78 Å². The number of rotatable bonds is 4. The smallest absolute Gasteiger partial charge is 0.155 e. The minimum atomic E-state index is -0.125. The number of hydrogen-bond acceptors (Lipinski definition) is 4. The van der Waals surface area contributed by atoms with Gasteiger partial charge in [0, 0.05) is 37.3 Å². The molecule has 2 heterocycles. The molecule has 1 N–H and O–H groups in total. The van der Waals surface area contributed by atoms with E-state index in [0.717, 1.165) is 16.8 Å². The number of aliphatic hydroxyl groups is 1. The van der Waals surface area contributed by atoms with E-state index < -0.39 is 0 Å². The summed E-state index contributed by atoms with van der Waals surface area (Å²) in [5, 5.41) is 9.61. The quantitative estimate of drug-likeness (QED) is 0.132. The maximum atomic E-state index is 10.0. The molecule has 5 heteroatoms. The number of ketones is 1. The van der Waals surface area contributed by atoms with E-state index in [1.165, 1.54) is 51.6 Å². The SMILES string of the molecule is CC(=O)/C=C(/C)O.Cc1[c-]c(-c2cc3cc(-c4ccc(C(C)C)cc4)sc3cn2)cc(C(C)(C)C)c1.[Ir]. The molecule has 3 nitrogen and oxygen atoms in total. The summed E-state index contributed by atoms with van der Waals surface area (Å²) in [6.07, 6.45) is 3.17. The van der Waals surface area contributed by atoms with E-state index in [0.29, 0.717) is 5.92 Å². The Kier molecular flexibility index (Phi) is 10.6. The first kappa shape index (κ1) is 30.6. The third-order valence-electron chi connectivity index (χ3n) is 5.82. The maximum Gasteiger partial charge on any atom is 0.155 e. The number of benzene rings is 2. The molecule has 2 aromatic heterocycles. The molecule has 4 rings (SSSR count). The largest absolute Gasteiger partial charge is 0.512 e. The van der Waals surface area contributed by atoms with Crippen molar-refractivity contribution in [3.63, 3.8) is 0 Å². The van der Waals surface area contributed by atoms with E-state index in [9.17, 15) is 4.79 Å². The van der Waals surface area contributed by atoms with E-state index in [-0.39, 0.29) is 37.1 Å². The normalized spacial score (nSPS) is 11.6. The van der Waals surface area contributed by atoms with Crippen molar-refractivity contribution in [1.82, 2.24) is 4.98 Å². The first-order valence-corrected chi connectivity index (χ1v) is 13.1. The third kappa shape index (κ3) is 8.46. The van der Waals surface area contributed by atoms with Crippen molar-refractivity contribution in [1.29, 1.82) is 0 Å². The van der Waals surface area contributed by atoms with Crippen LogP contribution in [0.3, 0.4) is 0 Å². The van der Waals surface area contributed by atoms with Crippen molar-refractivity contribution in [2.75, 3.05) is 0 Å². The van der Waals surface area contributed by atoms with Crippen molar-refractivity contribution in [2.45, 2.75) is 66.7 Å². The number of thiophene rings is 1. The van der Waals surface area contributed by atoms with E-state index in [1.54, 1.807) is 11.3 Å². The first-order valence-electron chi connectivity index (χ1n) is 12.3. The number of carbonyl (C=O) groups excluding carboxylic acids is 1. The van der Waals surface area contributed by atoms with Crippen LogP contribution < -0.4 is 0 Å². The number of hydrogen-bond donors (Lipinski definition) is 1. The van der Waals surface area contributed by atoms with E-state index in [2.05, 4.69) is 96.1 Å².